The number of benzene rings is 2. The molecule has 0 fully saturated rings. The summed E-state index contributed by atoms with van der Waals surface area (Å²) in [4.78, 5) is 12.2. The molecule has 0 bridgehead atoms. The Bertz CT molecular complexity index is 854. The van der Waals surface area contributed by atoms with E-state index < -0.39 is 5.91 Å². The number of anilines is 2. The Labute approximate surface area is 145 Å². The molecular formula is C18H16ClN3O2. The number of carbonyl (C=O) groups is 1. The van der Waals surface area contributed by atoms with Gasteiger partial charge in [0.25, 0.3) is 5.91 Å². The summed E-state index contributed by atoms with van der Waals surface area (Å²) < 4.78 is 0. The summed E-state index contributed by atoms with van der Waals surface area (Å²) in [7, 11) is 0. The monoisotopic (exact) mass is 341 g/mol. The number of carbonyl (C=O) groups excluding carboxylic acids is 1. The smallest absolute Gasteiger partial charge is 0.267 e. The highest BCUT2D eigenvalue weighted by atomic mass is 35.5. The maximum absolute atomic E-state index is 12.2. The van der Waals surface area contributed by atoms with Gasteiger partial charge in [-0.1, -0.05) is 17.7 Å². The highest BCUT2D eigenvalue weighted by Gasteiger charge is 2.11. The van der Waals surface area contributed by atoms with E-state index in [0.717, 1.165) is 11.1 Å². The van der Waals surface area contributed by atoms with Gasteiger partial charge < -0.3 is 15.7 Å². The predicted molar refractivity (Wildman–Crippen MR) is 95.0 cm³/mol. The van der Waals surface area contributed by atoms with Crippen molar-refractivity contribution in [3.8, 4) is 11.8 Å². The summed E-state index contributed by atoms with van der Waals surface area (Å²) in [6, 6.07) is 11.8. The zero-order valence-electron chi connectivity index (χ0n) is 13.2. The van der Waals surface area contributed by atoms with Crippen molar-refractivity contribution in [2.45, 2.75) is 13.8 Å². The average Bonchev–Trinajstić information content (AvgIpc) is 2.53. The van der Waals surface area contributed by atoms with Crippen LogP contribution < -0.4 is 10.6 Å². The number of amides is 1. The van der Waals surface area contributed by atoms with E-state index in [1.54, 1.807) is 37.3 Å². The van der Waals surface area contributed by atoms with Gasteiger partial charge >= 0.3 is 0 Å². The standard InChI is InChI=1S/C18H16ClN3O2/c1-11-3-4-14(19)8-17(11)22-18(24)13(9-20)10-21-16-6-5-15(23)7-12(16)2/h3-8,10,21,23H,1-2H3,(H,22,24)/b13-10-. The second-order valence-corrected chi connectivity index (χ2v) is 5.66. The second-order valence-electron chi connectivity index (χ2n) is 5.23. The second kappa shape index (κ2) is 7.53. The number of aryl methyl sites for hydroxylation is 2. The lowest BCUT2D eigenvalue weighted by molar-refractivity contribution is -0.112. The van der Waals surface area contributed by atoms with Crippen LogP contribution >= 0.6 is 11.6 Å². The van der Waals surface area contributed by atoms with Gasteiger partial charge in [-0.3, -0.25) is 4.79 Å². The molecule has 3 N–H and O–H groups in total. The first-order valence-corrected chi connectivity index (χ1v) is 7.52. The molecule has 0 saturated heterocycles. The van der Waals surface area contributed by atoms with Crippen LogP contribution in [-0.2, 0) is 4.79 Å². The van der Waals surface area contributed by atoms with E-state index in [0.29, 0.717) is 16.4 Å². The van der Waals surface area contributed by atoms with Crippen LogP contribution in [0.5, 0.6) is 5.75 Å². The number of nitrogens with zero attached hydrogens (tertiary/aromatic N) is 1. The van der Waals surface area contributed by atoms with Gasteiger partial charge in [-0.15, -0.1) is 0 Å². The topological polar surface area (TPSA) is 85.2 Å². The largest absolute Gasteiger partial charge is 0.508 e. The minimum absolute atomic E-state index is 0.0816. The van der Waals surface area contributed by atoms with E-state index in [4.69, 9.17) is 11.6 Å². The third-order valence-corrected chi connectivity index (χ3v) is 3.63. The summed E-state index contributed by atoms with van der Waals surface area (Å²) in [5.74, 6) is -0.386. The van der Waals surface area contributed by atoms with Gasteiger partial charge in [0.1, 0.15) is 17.4 Å². The Morgan fingerprint density at radius 1 is 1.17 bits per heavy atom. The van der Waals surface area contributed by atoms with Gasteiger partial charge in [0, 0.05) is 22.6 Å². The number of nitriles is 1. The summed E-state index contributed by atoms with van der Waals surface area (Å²) in [5.41, 5.74) is 2.78. The minimum atomic E-state index is -0.535. The molecule has 0 unspecified atom stereocenters. The van der Waals surface area contributed by atoms with Crippen molar-refractivity contribution in [1.82, 2.24) is 0 Å². The number of rotatable bonds is 4. The van der Waals surface area contributed by atoms with Crippen molar-refractivity contribution in [2.75, 3.05) is 10.6 Å². The number of hydrogen-bond donors (Lipinski definition) is 3. The molecule has 2 aromatic carbocycles. The van der Waals surface area contributed by atoms with Crippen molar-refractivity contribution in [3.05, 3.63) is 64.3 Å². The lowest BCUT2D eigenvalue weighted by Crippen LogP contribution is -2.15. The summed E-state index contributed by atoms with van der Waals surface area (Å²) in [6.45, 7) is 3.64. The van der Waals surface area contributed by atoms with Crippen LogP contribution in [0.4, 0.5) is 11.4 Å². The first-order valence-electron chi connectivity index (χ1n) is 7.14. The van der Waals surface area contributed by atoms with E-state index in [9.17, 15) is 15.2 Å². The molecule has 1 amide bonds. The van der Waals surface area contributed by atoms with Gasteiger partial charge in [0.2, 0.25) is 0 Å². The van der Waals surface area contributed by atoms with Gasteiger partial charge in [0.05, 0.1) is 0 Å². The Hall–Kier alpha value is -2.97. The lowest BCUT2D eigenvalue weighted by Gasteiger charge is -2.09. The summed E-state index contributed by atoms with van der Waals surface area (Å²) in [6.07, 6.45) is 1.33. The molecule has 0 heterocycles. The summed E-state index contributed by atoms with van der Waals surface area (Å²) in [5, 5.41) is 24.7. The molecule has 0 aliphatic heterocycles. The van der Waals surface area contributed by atoms with Crippen LogP contribution in [0.15, 0.2) is 48.2 Å². The molecule has 24 heavy (non-hydrogen) atoms. The van der Waals surface area contributed by atoms with E-state index in [2.05, 4.69) is 10.6 Å². The predicted octanol–water partition coefficient (Wildman–Crippen LogP) is 4.12. The highest BCUT2D eigenvalue weighted by Crippen LogP contribution is 2.22. The Kier molecular flexibility index (Phi) is 5.46. The van der Waals surface area contributed by atoms with Crippen molar-refractivity contribution in [2.24, 2.45) is 0 Å². The average molecular weight is 342 g/mol. The fourth-order valence-electron chi connectivity index (χ4n) is 2.03. The molecular weight excluding hydrogens is 326 g/mol. The van der Waals surface area contributed by atoms with Crippen LogP contribution in [0.2, 0.25) is 5.02 Å². The minimum Gasteiger partial charge on any atom is -0.508 e. The molecule has 5 nitrogen and oxygen atoms in total. The van der Waals surface area contributed by atoms with Crippen LogP contribution in [0.3, 0.4) is 0 Å². The number of nitrogens with one attached hydrogen (secondary N) is 2. The molecule has 0 aromatic heterocycles. The third-order valence-electron chi connectivity index (χ3n) is 3.39. The number of halogens is 1. The van der Waals surface area contributed by atoms with E-state index in [1.165, 1.54) is 12.3 Å². The number of phenolic OH excluding ortho intramolecular Hbond substituents is 1. The number of aromatic hydroxyl groups is 1. The van der Waals surface area contributed by atoms with Gasteiger partial charge in [-0.05, 0) is 55.3 Å². The molecule has 0 atom stereocenters. The zero-order valence-corrected chi connectivity index (χ0v) is 14.0. The fraction of sp³-hybridized carbons (Fsp3) is 0.111. The first kappa shape index (κ1) is 17.4. The molecule has 2 rings (SSSR count). The lowest BCUT2D eigenvalue weighted by atomic mass is 10.2. The van der Waals surface area contributed by atoms with Crippen molar-refractivity contribution >= 4 is 28.9 Å². The quantitative estimate of drug-likeness (QED) is 0.443. The van der Waals surface area contributed by atoms with Crippen LogP contribution in [-0.4, -0.2) is 11.0 Å². The third kappa shape index (κ3) is 4.28. The zero-order chi connectivity index (χ0) is 17.7. The molecule has 2 aromatic rings. The molecule has 0 saturated carbocycles. The first-order chi connectivity index (χ1) is 11.4. The Morgan fingerprint density at radius 2 is 1.92 bits per heavy atom. The maximum Gasteiger partial charge on any atom is 0.267 e. The number of hydrogen-bond acceptors (Lipinski definition) is 4. The normalized spacial score (nSPS) is 10.8. The van der Waals surface area contributed by atoms with Crippen molar-refractivity contribution < 1.29 is 9.90 Å². The SMILES string of the molecule is Cc1cc(O)ccc1N/C=C(/C#N)C(=O)Nc1cc(Cl)ccc1C. The van der Waals surface area contributed by atoms with Crippen LogP contribution in [0, 0.1) is 25.2 Å². The highest BCUT2D eigenvalue weighted by molar-refractivity contribution is 6.31. The van der Waals surface area contributed by atoms with Crippen molar-refractivity contribution in [3.63, 3.8) is 0 Å². The van der Waals surface area contributed by atoms with Crippen LogP contribution in [0.1, 0.15) is 11.1 Å². The van der Waals surface area contributed by atoms with E-state index >= 15 is 0 Å². The number of phenols is 1. The van der Waals surface area contributed by atoms with Gasteiger partial charge in [0.15, 0.2) is 0 Å². The molecule has 0 radical (unpaired) electrons. The summed E-state index contributed by atoms with van der Waals surface area (Å²) >= 11 is 5.92. The van der Waals surface area contributed by atoms with Crippen molar-refractivity contribution in [1.29, 1.82) is 5.26 Å². The fourth-order valence-corrected chi connectivity index (χ4v) is 2.20. The Morgan fingerprint density at radius 3 is 2.58 bits per heavy atom. The maximum atomic E-state index is 12.2. The van der Waals surface area contributed by atoms with Gasteiger partial charge in [-0.25, -0.2) is 0 Å². The molecule has 122 valence electrons. The molecule has 0 aliphatic rings. The molecule has 0 spiro atoms. The van der Waals surface area contributed by atoms with Crippen LogP contribution in [0.25, 0.3) is 0 Å². The molecule has 6 heteroatoms. The molecule has 0 aliphatic carbocycles. The Balaban J connectivity index is 2.16. The van der Waals surface area contributed by atoms with E-state index in [1.807, 2.05) is 13.0 Å². The van der Waals surface area contributed by atoms with Gasteiger partial charge in [-0.2, -0.15) is 5.26 Å². The van der Waals surface area contributed by atoms with E-state index in [-0.39, 0.29) is 11.3 Å².